The molecule has 2 aromatic heterocycles. The van der Waals surface area contributed by atoms with Gasteiger partial charge in [-0.25, -0.2) is 9.78 Å². The summed E-state index contributed by atoms with van der Waals surface area (Å²) < 4.78 is 0. The van der Waals surface area contributed by atoms with Crippen molar-refractivity contribution in [1.29, 1.82) is 0 Å². The first kappa shape index (κ1) is 18.2. The van der Waals surface area contributed by atoms with E-state index in [1.165, 1.54) is 16.8 Å². The predicted molar refractivity (Wildman–Crippen MR) is 121 cm³/mol. The van der Waals surface area contributed by atoms with E-state index in [4.69, 9.17) is 0 Å². The van der Waals surface area contributed by atoms with Gasteiger partial charge in [0.15, 0.2) is 0 Å². The number of fused-ring (bicyclic) bond motifs is 2. The number of anilines is 3. The number of carbonyl (C=O) groups excluding carboxylic acids is 1. The summed E-state index contributed by atoms with van der Waals surface area (Å²) in [6.07, 6.45) is 4.73. The van der Waals surface area contributed by atoms with Gasteiger partial charge in [0, 0.05) is 53.5 Å². The second-order valence-corrected chi connectivity index (χ2v) is 7.64. The summed E-state index contributed by atoms with van der Waals surface area (Å²) in [4.78, 5) is 22.5. The standard InChI is InChI=1S/C24H23N5O/c1-16-5-2-6-18(13-16)27-24(30)28-21-8-3-9-22-20(21)10-12-29(22)15-17-14-26-23-19(17)7-4-11-25-23/h2-9,11,13-14H,10,12,15H2,1H3,(H,25,26)(H2,27,28,30). The summed E-state index contributed by atoms with van der Waals surface area (Å²) in [5.41, 5.74) is 7.24. The maximum Gasteiger partial charge on any atom is 0.323 e. The molecule has 3 N–H and O–H groups in total. The van der Waals surface area contributed by atoms with Crippen LogP contribution in [0, 0.1) is 6.92 Å². The van der Waals surface area contributed by atoms with Gasteiger partial charge in [-0.2, -0.15) is 0 Å². The minimum atomic E-state index is -0.227. The number of carbonyl (C=O) groups is 1. The molecular formula is C24H23N5O. The zero-order valence-corrected chi connectivity index (χ0v) is 16.8. The smallest absolute Gasteiger partial charge is 0.323 e. The molecule has 0 aliphatic carbocycles. The van der Waals surface area contributed by atoms with Crippen molar-refractivity contribution in [3.63, 3.8) is 0 Å². The molecule has 30 heavy (non-hydrogen) atoms. The molecule has 0 unspecified atom stereocenters. The maximum atomic E-state index is 12.5. The summed E-state index contributed by atoms with van der Waals surface area (Å²) in [5, 5.41) is 7.09. The van der Waals surface area contributed by atoms with Crippen molar-refractivity contribution in [2.24, 2.45) is 0 Å². The number of hydrogen-bond acceptors (Lipinski definition) is 3. The van der Waals surface area contributed by atoms with Crippen LogP contribution in [0.1, 0.15) is 16.7 Å². The molecule has 1 aliphatic rings. The van der Waals surface area contributed by atoms with Crippen LogP contribution in [0.25, 0.3) is 11.0 Å². The first-order valence-electron chi connectivity index (χ1n) is 10.1. The number of pyridine rings is 1. The number of benzene rings is 2. The summed E-state index contributed by atoms with van der Waals surface area (Å²) in [5.74, 6) is 0. The van der Waals surface area contributed by atoms with Crippen LogP contribution >= 0.6 is 0 Å². The van der Waals surface area contributed by atoms with Crippen LogP contribution in [0.2, 0.25) is 0 Å². The number of aryl methyl sites for hydroxylation is 1. The highest BCUT2D eigenvalue weighted by molar-refractivity contribution is 6.01. The van der Waals surface area contributed by atoms with Gasteiger partial charge in [0.2, 0.25) is 0 Å². The van der Waals surface area contributed by atoms with E-state index in [0.29, 0.717) is 0 Å². The van der Waals surface area contributed by atoms with Gasteiger partial charge in [-0.05, 0) is 60.9 Å². The van der Waals surface area contributed by atoms with Gasteiger partial charge in [-0.15, -0.1) is 0 Å². The number of amides is 2. The summed E-state index contributed by atoms with van der Waals surface area (Å²) in [6, 6.07) is 17.7. The predicted octanol–water partition coefficient (Wildman–Crippen LogP) is 5.08. The van der Waals surface area contributed by atoms with Crippen molar-refractivity contribution < 1.29 is 4.79 Å². The Hall–Kier alpha value is -3.80. The lowest BCUT2D eigenvalue weighted by molar-refractivity contribution is 0.262. The van der Waals surface area contributed by atoms with E-state index in [9.17, 15) is 4.79 Å². The van der Waals surface area contributed by atoms with Crippen LogP contribution in [0.3, 0.4) is 0 Å². The van der Waals surface area contributed by atoms with E-state index in [2.05, 4.69) is 37.6 Å². The van der Waals surface area contributed by atoms with Gasteiger partial charge < -0.3 is 20.5 Å². The van der Waals surface area contributed by atoms with Crippen molar-refractivity contribution in [2.45, 2.75) is 19.9 Å². The van der Waals surface area contributed by atoms with Crippen molar-refractivity contribution >= 4 is 34.1 Å². The number of aromatic nitrogens is 2. The van der Waals surface area contributed by atoms with Crippen LogP contribution in [-0.2, 0) is 13.0 Å². The zero-order valence-electron chi connectivity index (χ0n) is 16.8. The van der Waals surface area contributed by atoms with Crippen LogP contribution < -0.4 is 15.5 Å². The summed E-state index contributed by atoms with van der Waals surface area (Å²) >= 11 is 0. The monoisotopic (exact) mass is 397 g/mol. The highest BCUT2D eigenvalue weighted by atomic mass is 16.2. The van der Waals surface area contributed by atoms with Crippen LogP contribution in [-0.4, -0.2) is 22.5 Å². The number of urea groups is 1. The van der Waals surface area contributed by atoms with Crippen LogP contribution in [0.4, 0.5) is 21.9 Å². The number of aromatic amines is 1. The molecule has 0 radical (unpaired) electrons. The Morgan fingerprint density at radius 2 is 2.03 bits per heavy atom. The van der Waals surface area contributed by atoms with Gasteiger partial charge in [0.05, 0.1) is 0 Å². The zero-order chi connectivity index (χ0) is 20.5. The largest absolute Gasteiger partial charge is 0.367 e. The van der Waals surface area contributed by atoms with Gasteiger partial charge in [0.25, 0.3) is 0 Å². The van der Waals surface area contributed by atoms with Gasteiger partial charge >= 0.3 is 6.03 Å². The fourth-order valence-corrected chi connectivity index (χ4v) is 4.14. The third-order valence-corrected chi connectivity index (χ3v) is 5.55. The number of rotatable bonds is 4. The van der Waals surface area contributed by atoms with E-state index in [-0.39, 0.29) is 6.03 Å². The Bertz CT molecular complexity index is 1230. The normalized spacial score (nSPS) is 12.8. The van der Waals surface area contributed by atoms with Gasteiger partial charge in [0.1, 0.15) is 5.65 Å². The molecule has 0 spiro atoms. The van der Waals surface area contributed by atoms with E-state index < -0.39 is 0 Å². The van der Waals surface area contributed by atoms with Crippen molar-refractivity contribution in [2.75, 3.05) is 22.1 Å². The average Bonchev–Trinajstić information content (AvgIpc) is 3.34. The lowest BCUT2D eigenvalue weighted by Gasteiger charge is -2.19. The molecule has 6 nitrogen and oxygen atoms in total. The summed E-state index contributed by atoms with van der Waals surface area (Å²) in [7, 11) is 0. The average molecular weight is 397 g/mol. The first-order valence-corrected chi connectivity index (χ1v) is 10.1. The third kappa shape index (κ3) is 3.48. The molecular weight excluding hydrogens is 374 g/mol. The van der Waals surface area contributed by atoms with Gasteiger partial charge in [-0.1, -0.05) is 18.2 Å². The molecule has 2 amide bonds. The van der Waals surface area contributed by atoms with Crippen LogP contribution in [0.15, 0.2) is 67.0 Å². The van der Waals surface area contributed by atoms with Crippen molar-refractivity contribution in [3.05, 3.63) is 83.7 Å². The minimum Gasteiger partial charge on any atom is -0.367 e. The molecule has 4 aromatic rings. The number of nitrogens with one attached hydrogen (secondary N) is 3. The SMILES string of the molecule is Cc1cccc(NC(=O)Nc2cccc3c2CCN3Cc2c[nH]c3ncccc23)c1. The molecule has 0 bridgehead atoms. The fourth-order valence-electron chi connectivity index (χ4n) is 4.14. The first-order chi connectivity index (χ1) is 14.7. The lowest BCUT2D eigenvalue weighted by Crippen LogP contribution is -2.20. The molecule has 0 atom stereocenters. The topological polar surface area (TPSA) is 73.1 Å². The Kier molecular flexibility index (Phi) is 4.59. The third-order valence-electron chi connectivity index (χ3n) is 5.55. The molecule has 0 fully saturated rings. The van der Waals surface area contributed by atoms with E-state index in [1.807, 2.05) is 55.6 Å². The number of H-pyrrole nitrogens is 1. The summed E-state index contributed by atoms with van der Waals surface area (Å²) in [6.45, 7) is 3.73. The van der Waals surface area contributed by atoms with Crippen LogP contribution in [0.5, 0.6) is 0 Å². The molecule has 3 heterocycles. The molecule has 2 aromatic carbocycles. The van der Waals surface area contributed by atoms with Crippen molar-refractivity contribution in [3.8, 4) is 0 Å². The maximum absolute atomic E-state index is 12.5. The Labute approximate surface area is 174 Å². The lowest BCUT2D eigenvalue weighted by atomic mass is 10.1. The van der Waals surface area contributed by atoms with Crippen molar-refractivity contribution in [1.82, 2.24) is 9.97 Å². The van der Waals surface area contributed by atoms with E-state index in [0.717, 1.165) is 47.5 Å². The second-order valence-electron chi connectivity index (χ2n) is 7.64. The molecule has 0 saturated heterocycles. The number of hydrogen-bond donors (Lipinski definition) is 3. The highest BCUT2D eigenvalue weighted by Crippen LogP contribution is 2.35. The molecule has 5 rings (SSSR count). The Morgan fingerprint density at radius 3 is 2.93 bits per heavy atom. The van der Waals surface area contributed by atoms with Gasteiger partial charge in [-0.3, -0.25) is 0 Å². The molecule has 150 valence electrons. The molecule has 6 heteroatoms. The minimum absolute atomic E-state index is 0.227. The number of nitrogens with zero attached hydrogens (tertiary/aromatic N) is 2. The Morgan fingerprint density at radius 1 is 1.13 bits per heavy atom. The Balaban J connectivity index is 1.34. The quantitative estimate of drug-likeness (QED) is 0.450. The highest BCUT2D eigenvalue weighted by Gasteiger charge is 2.23. The van der Waals surface area contributed by atoms with E-state index in [1.54, 1.807) is 6.20 Å². The molecule has 0 saturated carbocycles. The second kappa shape index (κ2) is 7.55. The fraction of sp³-hybridized carbons (Fsp3) is 0.167. The van der Waals surface area contributed by atoms with E-state index >= 15 is 0 Å². The molecule has 1 aliphatic heterocycles.